The molecule has 14 heteroatoms. The molecule has 1 aliphatic carbocycles. The number of ether oxygens (including phenoxy) is 1. The van der Waals surface area contributed by atoms with E-state index in [2.05, 4.69) is 21.3 Å². The molecule has 51 heavy (non-hydrogen) atoms. The van der Waals surface area contributed by atoms with Gasteiger partial charge in [0.1, 0.15) is 41.2 Å². The maximum absolute atomic E-state index is 17.5. The zero-order chi connectivity index (χ0) is 35.4. The van der Waals surface area contributed by atoms with Crippen LogP contribution in [0, 0.1) is 29.4 Å². The standard InChI is InChI=1S/C37H34F5N7O2/c1-3-24-27(39)7-4-19-10-23(50)11-25(28(19)24)29-31(40)33-30(26-15-47(2)46-32(26)29)34(49-13-21-5-6-22(14-49)43-21)45-35(44-33)51-18-36(16-37(36,41)42)17-48-9-8-20(38)12-48/h1,4,7,10-11,15,20-22,43,50H,5-6,8-9,12-14,16-18H2,2H3/t20-,21-,22+,36+/m0/s1. The first kappa shape index (κ1) is 32.2. The molecule has 3 saturated heterocycles. The monoisotopic (exact) mass is 703 g/mol. The third kappa shape index (κ3) is 5.15. The van der Waals surface area contributed by atoms with E-state index in [0.717, 1.165) is 12.8 Å². The molecule has 264 valence electrons. The molecule has 0 unspecified atom stereocenters. The molecule has 4 atom stereocenters. The molecule has 5 aromatic rings. The third-order valence-electron chi connectivity index (χ3n) is 11.0. The van der Waals surface area contributed by atoms with Gasteiger partial charge >= 0.3 is 6.01 Å². The van der Waals surface area contributed by atoms with E-state index < -0.39 is 42.2 Å². The zero-order valence-electron chi connectivity index (χ0n) is 27.7. The van der Waals surface area contributed by atoms with Crippen molar-refractivity contribution < 1.29 is 31.8 Å². The molecule has 5 heterocycles. The van der Waals surface area contributed by atoms with Crippen molar-refractivity contribution in [3.8, 4) is 35.2 Å². The van der Waals surface area contributed by atoms with Crippen LogP contribution >= 0.6 is 0 Å². The number of terminal acetylenes is 1. The van der Waals surface area contributed by atoms with E-state index in [4.69, 9.17) is 16.1 Å². The molecule has 0 radical (unpaired) electrons. The summed E-state index contributed by atoms with van der Waals surface area (Å²) in [5, 5.41) is 20.4. The van der Waals surface area contributed by atoms with E-state index >= 15 is 8.78 Å². The first-order chi connectivity index (χ1) is 24.4. The van der Waals surface area contributed by atoms with E-state index in [1.807, 2.05) is 4.90 Å². The van der Waals surface area contributed by atoms with Crippen LogP contribution in [0.15, 0.2) is 30.5 Å². The van der Waals surface area contributed by atoms with Gasteiger partial charge in [0.15, 0.2) is 5.82 Å². The van der Waals surface area contributed by atoms with Crippen LogP contribution in [0.3, 0.4) is 0 Å². The summed E-state index contributed by atoms with van der Waals surface area (Å²) in [4.78, 5) is 13.0. The van der Waals surface area contributed by atoms with Gasteiger partial charge in [-0.25, -0.2) is 22.0 Å². The van der Waals surface area contributed by atoms with Gasteiger partial charge in [0, 0.05) is 80.8 Å². The van der Waals surface area contributed by atoms with Crippen LogP contribution < -0.4 is 15.0 Å². The van der Waals surface area contributed by atoms with Gasteiger partial charge in [-0.05, 0) is 48.4 Å². The van der Waals surface area contributed by atoms with E-state index in [1.54, 1.807) is 18.1 Å². The lowest BCUT2D eigenvalue weighted by Crippen LogP contribution is -2.51. The summed E-state index contributed by atoms with van der Waals surface area (Å²) in [7, 11) is 1.68. The number of halogens is 5. The minimum atomic E-state index is -3.03. The number of aromatic nitrogens is 4. The summed E-state index contributed by atoms with van der Waals surface area (Å²) >= 11 is 0. The largest absolute Gasteiger partial charge is 0.508 e. The molecule has 9 rings (SSSR count). The summed E-state index contributed by atoms with van der Waals surface area (Å²) in [6.45, 7) is 1.11. The van der Waals surface area contributed by atoms with Crippen molar-refractivity contribution in [3.05, 3.63) is 47.7 Å². The van der Waals surface area contributed by atoms with Crippen LogP contribution in [0.5, 0.6) is 11.8 Å². The molecule has 4 aliphatic rings. The second-order valence-corrected chi connectivity index (χ2v) is 14.6. The van der Waals surface area contributed by atoms with Gasteiger partial charge in [-0.3, -0.25) is 9.58 Å². The number of rotatable bonds is 7. The lowest BCUT2D eigenvalue weighted by Gasteiger charge is -2.34. The molecule has 3 aromatic carbocycles. The van der Waals surface area contributed by atoms with Crippen LogP contribution in [0.4, 0.5) is 27.8 Å². The number of phenols is 1. The van der Waals surface area contributed by atoms with E-state index in [1.165, 1.54) is 28.9 Å². The molecule has 0 spiro atoms. The van der Waals surface area contributed by atoms with E-state index in [-0.39, 0.29) is 70.0 Å². The van der Waals surface area contributed by atoms with Gasteiger partial charge in [0.25, 0.3) is 5.92 Å². The summed E-state index contributed by atoms with van der Waals surface area (Å²) in [6.07, 6.45) is 8.20. The fourth-order valence-electron chi connectivity index (χ4n) is 8.50. The van der Waals surface area contributed by atoms with Gasteiger partial charge in [-0.1, -0.05) is 12.0 Å². The Kier molecular flexibility index (Phi) is 7.18. The lowest BCUT2D eigenvalue weighted by atomic mass is 9.91. The van der Waals surface area contributed by atoms with Crippen molar-refractivity contribution in [2.45, 2.75) is 49.9 Å². The lowest BCUT2D eigenvalue weighted by molar-refractivity contribution is 0.0246. The molecular formula is C37H34F5N7O2. The summed E-state index contributed by atoms with van der Waals surface area (Å²) in [5.74, 6) is -2.01. The van der Waals surface area contributed by atoms with Crippen molar-refractivity contribution in [2.75, 3.05) is 44.2 Å². The van der Waals surface area contributed by atoms with Gasteiger partial charge < -0.3 is 20.1 Å². The van der Waals surface area contributed by atoms with E-state index in [9.17, 15) is 18.3 Å². The Bertz CT molecular complexity index is 2300. The predicted octanol–water partition coefficient (Wildman–Crippen LogP) is 5.69. The minimum absolute atomic E-state index is 0.0462. The highest BCUT2D eigenvalue weighted by Gasteiger charge is 2.72. The number of nitrogens with zero attached hydrogens (tertiary/aromatic N) is 6. The summed E-state index contributed by atoms with van der Waals surface area (Å²) in [6, 6.07) is 5.44. The maximum atomic E-state index is 17.5. The number of alkyl halides is 3. The average molecular weight is 704 g/mol. The number of aromatic hydroxyl groups is 1. The SMILES string of the molecule is C#Cc1c(F)ccc2cc(O)cc(-c3c(F)c4nc(OC[C@]5(CN6CC[C@H](F)C6)CC5(F)F)nc(N5C[C@H]6CC[C@@H](C5)N6)c4c4cn(C)nc34)c12. The highest BCUT2D eigenvalue weighted by atomic mass is 19.3. The first-order valence-electron chi connectivity index (χ1n) is 17.1. The Hall–Kier alpha value is -4.74. The van der Waals surface area contributed by atoms with Gasteiger partial charge in [-0.15, -0.1) is 6.42 Å². The fourth-order valence-corrected chi connectivity index (χ4v) is 8.50. The second-order valence-electron chi connectivity index (χ2n) is 14.6. The number of anilines is 1. The van der Waals surface area contributed by atoms with Crippen LogP contribution in [0.25, 0.3) is 43.7 Å². The van der Waals surface area contributed by atoms with Gasteiger partial charge in [-0.2, -0.15) is 15.1 Å². The van der Waals surface area contributed by atoms with Crippen LogP contribution in [0.2, 0.25) is 0 Å². The fraction of sp³-hybridized carbons (Fsp3) is 0.432. The van der Waals surface area contributed by atoms with E-state index in [0.29, 0.717) is 48.0 Å². The average Bonchev–Trinajstić information content (AvgIpc) is 3.50. The Balaban J connectivity index is 1.25. The third-order valence-corrected chi connectivity index (χ3v) is 11.0. The number of aryl methyl sites for hydroxylation is 1. The normalized spacial score (nSPS) is 25.7. The van der Waals surface area contributed by atoms with Gasteiger partial charge in [0.05, 0.1) is 16.4 Å². The van der Waals surface area contributed by atoms with Crippen molar-refractivity contribution in [1.82, 2.24) is 30.0 Å². The van der Waals surface area contributed by atoms with Crippen molar-refractivity contribution >= 4 is 38.4 Å². The number of hydrogen-bond acceptors (Lipinski definition) is 8. The summed E-state index contributed by atoms with van der Waals surface area (Å²) < 4.78 is 84.0. The zero-order valence-corrected chi connectivity index (χ0v) is 27.7. The molecule has 3 aliphatic heterocycles. The van der Waals surface area contributed by atoms with Crippen molar-refractivity contribution in [1.29, 1.82) is 0 Å². The number of phenolic OH excluding ortho intramolecular Hbond substituents is 1. The Morgan fingerprint density at radius 3 is 2.51 bits per heavy atom. The maximum Gasteiger partial charge on any atom is 0.319 e. The van der Waals surface area contributed by atoms with Gasteiger partial charge in [0.2, 0.25) is 0 Å². The minimum Gasteiger partial charge on any atom is -0.508 e. The van der Waals surface area contributed by atoms with Crippen molar-refractivity contribution in [3.63, 3.8) is 0 Å². The highest BCUT2D eigenvalue weighted by molar-refractivity contribution is 6.18. The Labute approximate surface area is 289 Å². The number of likely N-dealkylation sites (tertiary alicyclic amines) is 1. The number of piperazine rings is 1. The van der Waals surface area contributed by atoms with Crippen molar-refractivity contribution in [2.24, 2.45) is 12.5 Å². The van der Waals surface area contributed by atoms with Crippen LogP contribution in [0.1, 0.15) is 31.2 Å². The summed E-state index contributed by atoms with van der Waals surface area (Å²) in [5.41, 5.74) is -1.57. The number of benzene rings is 3. The molecule has 1 saturated carbocycles. The number of nitrogens with one attached hydrogen (secondary N) is 1. The first-order valence-corrected chi connectivity index (χ1v) is 17.1. The predicted molar refractivity (Wildman–Crippen MR) is 182 cm³/mol. The molecule has 2 bridgehead atoms. The molecular weight excluding hydrogens is 669 g/mol. The highest BCUT2D eigenvalue weighted by Crippen LogP contribution is 2.61. The Morgan fingerprint density at radius 1 is 1.06 bits per heavy atom. The van der Waals surface area contributed by atoms with Crippen LogP contribution in [-0.2, 0) is 7.05 Å². The molecule has 4 fully saturated rings. The Morgan fingerprint density at radius 2 is 1.82 bits per heavy atom. The molecule has 9 nitrogen and oxygen atoms in total. The number of fused-ring (bicyclic) bond motifs is 6. The second kappa shape index (κ2) is 11.4. The number of hydrogen-bond donors (Lipinski definition) is 2. The smallest absolute Gasteiger partial charge is 0.319 e. The topological polar surface area (TPSA) is 91.6 Å². The van der Waals surface area contributed by atoms with Crippen LogP contribution in [-0.4, -0.2) is 93.3 Å². The molecule has 2 N–H and O–H groups in total. The quantitative estimate of drug-likeness (QED) is 0.165. The molecule has 2 aromatic heterocycles. The molecule has 0 amide bonds.